The smallest absolute Gasteiger partial charge is 0.271 e. The summed E-state index contributed by atoms with van der Waals surface area (Å²) < 4.78 is 52.0. The number of hydrogen-bond donors (Lipinski definition) is 5. The molecule has 1 heterocycles. The van der Waals surface area contributed by atoms with Crippen LogP contribution in [0.3, 0.4) is 0 Å². The number of nitrogens with zero attached hydrogens (tertiary/aromatic N) is 1. The number of aliphatic hydroxyl groups excluding tert-OH is 2. The van der Waals surface area contributed by atoms with Crippen LogP contribution in [0.15, 0.2) is 23.6 Å². The monoisotopic (exact) mass is 506 g/mol. The molecule has 182 valence electrons. The second-order valence-electron chi connectivity index (χ2n) is 7.44. The van der Waals surface area contributed by atoms with E-state index in [0.29, 0.717) is 6.07 Å². The topological polar surface area (TPSA) is 158 Å². The number of aliphatic hydroxyl groups is 2. The summed E-state index contributed by atoms with van der Waals surface area (Å²) in [6, 6.07) is 0.515. The Labute approximate surface area is 193 Å². The van der Waals surface area contributed by atoms with Crippen LogP contribution in [0, 0.1) is 11.6 Å². The van der Waals surface area contributed by atoms with Crippen molar-refractivity contribution in [3.8, 4) is 0 Å². The first-order valence-electron chi connectivity index (χ1n) is 9.57. The standard InChI is InChI=1S/C19H24F2N4O6S2/c1-9(22-10(2)26)16(27)17(28)14(6-11-4-12(20)7-13(21)5-11)23-18(29)15-8-32-19(24-15)25-33(3,30)31/h4-5,7-9,14,16-17,27-28H,6H2,1-3H3,(H,22,26)(H,23,29)(H,24,25). The highest BCUT2D eigenvalue weighted by molar-refractivity contribution is 7.92. The van der Waals surface area contributed by atoms with Gasteiger partial charge in [0.15, 0.2) is 5.13 Å². The summed E-state index contributed by atoms with van der Waals surface area (Å²) in [7, 11) is -3.62. The first-order valence-corrected chi connectivity index (χ1v) is 12.3. The van der Waals surface area contributed by atoms with E-state index >= 15 is 0 Å². The van der Waals surface area contributed by atoms with Crippen molar-refractivity contribution in [3.63, 3.8) is 0 Å². The van der Waals surface area contributed by atoms with E-state index in [4.69, 9.17) is 0 Å². The first kappa shape index (κ1) is 26.6. The highest BCUT2D eigenvalue weighted by Crippen LogP contribution is 2.18. The molecule has 0 aliphatic carbocycles. The molecule has 0 aliphatic heterocycles. The molecule has 2 rings (SSSR count). The number of anilines is 1. The molecule has 4 unspecified atom stereocenters. The lowest BCUT2D eigenvalue weighted by Crippen LogP contribution is -2.55. The Balaban J connectivity index is 2.27. The summed E-state index contributed by atoms with van der Waals surface area (Å²) in [6.45, 7) is 2.65. The number of thiazole rings is 1. The zero-order valence-corrected chi connectivity index (χ0v) is 19.5. The normalized spacial score (nSPS) is 15.2. The van der Waals surface area contributed by atoms with Crippen LogP contribution in [0.2, 0.25) is 0 Å². The fourth-order valence-electron chi connectivity index (χ4n) is 3.01. The van der Waals surface area contributed by atoms with Crippen molar-refractivity contribution in [1.82, 2.24) is 15.6 Å². The minimum absolute atomic E-state index is 0.0636. The summed E-state index contributed by atoms with van der Waals surface area (Å²) in [5, 5.41) is 27.2. The SMILES string of the molecule is CC(=O)NC(C)C(O)C(O)C(Cc1cc(F)cc(F)c1)NC(=O)c1csc(NS(C)(=O)=O)n1. The second-order valence-corrected chi connectivity index (χ2v) is 10.1. The van der Waals surface area contributed by atoms with Crippen LogP contribution in [0.25, 0.3) is 0 Å². The second kappa shape index (κ2) is 11.0. The van der Waals surface area contributed by atoms with E-state index in [0.717, 1.165) is 29.7 Å². The van der Waals surface area contributed by atoms with Crippen LogP contribution in [0.1, 0.15) is 29.9 Å². The minimum atomic E-state index is -3.62. The highest BCUT2D eigenvalue weighted by atomic mass is 32.2. The summed E-state index contributed by atoms with van der Waals surface area (Å²) in [5.41, 5.74) is -0.0906. The molecule has 2 aromatic rings. The number of carbonyl (C=O) groups is 2. The molecular formula is C19H24F2N4O6S2. The van der Waals surface area contributed by atoms with Crippen LogP contribution in [0.5, 0.6) is 0 Å². The molecule has 0 spiro atoms. The lowest BCUT2D eigenvalue weighted by atomic mass is 9.94. The third kappa shape index (κ3) is 8.31. The van der Waals surface area contributed by atoms with Gasteiger partial charge in [-0.15, -0.1) is 11.3 Å². The van der Waals surface area contributed by atoms with Crippen LogP contribution in [-0.4, -0.2) is 66.0 Å². The number of amides is 2. The van der Waals surface area contributed by atoms with Gasteiger partial charge in [-0.25, -0.2) is 22.2 Å². The van der Waals surface area contributed by atoms with Crippen molar-refractivity contribution in [3.05, 3.63) is 46.5 Å². The largest absolute Gasteiger partial charge is 0.388 e. The van der Waals surface area contributed by atoms with E-state index in [1.54, 1.807) is 0 Å². The molecule has 5 N–H and O–H groups in total. The minimum Gasteiger partial charge on any atom is -0.388 e. The summed E-state index contributed by atoms with van der Waals surface area (Å²) in [5.74, 6) is -3.02. The summed E-state index contributed by atoms with van der Waals surface area (Å²) >= 11 is 0.845. The third-order valence-electron chi connectivity index (χ3n) is 4.41. The molecule has 14 heteroatoms. The van der Waals surface area contributed by atoms with Crippen molar-refractivity contribution in [2.45, 2.75) is 44.6 Å². The Hall–Kier alpha value is -2.68. The number of halogens is 2. The van der Waals surface area contributed by atoms with E-state index in [1.165, 1.54) is 19.2 Å². The fourth-order valence-corrected chi connectivity index (χ4v) is 4.55. The number of hydrogen-bond acceptors (Lipinski definition) is 8. The van der Waals surface area contributed by atoms with Gasteiger partial charge in [0.2, 0.25) is 15.9 Å². The van der Waals surface area contributed by atoms with Crippen molar-refractivity contribution in [2.24, 2.45) is 0 Å². The van der Waals surface area contributed by atoms with Crippen molar-refractivity contribution >= 4 is 38.3 Å². The average Bonchev–Trinajstić information content (AvgIpc) is 3.11. The van der Waals surface area contributed by atoms with Gasteiger partial charge in [0.05, 0.1) is 18.3 Å². The van der Waals surface area contributed by atoms with Gasteiger partial charge in [-0.2, -0.15) is 0 Å². The van der Waals surface area contributed by atoms with Crippen LogP contribution in [0.4, 0.5) is 13.9 Å². The first-order chi connectivity index (χ1) is 15.2. The Bertz CT molecular complexity index is 1090. The molecule has 33 heavy (non-hydrogen) atoms. The lowest BCUT2D eigenvalue weighted by molar-refractivity contribution is -0.121. The van der Waals surface area contributed by atoms with Gasteiger partial charge in [0, 0.05) is 18.4 Å². The van der Waals surface area contributed by atoms with Crippen LogP contribution in [-0.2, 0) is 21.2 Å². The van der Waals surface area contributed by atoms with Crippen molar-refractivity contribution in [1.29, 1.82) is 0 Å². The molecule has 0 saturated carbocycles. The molecule has 0 radical (unpaired) electrons. The molecule has 1 aromatic heterocycles. The number of benzene rings is 1. The van der Waals surface area contributed by atoms with Gasteiger partial charge in [-0.1, -0.05) is 0 Å². The third-order valence-corrected chi connectivity index (χ3v) is 5.86. The van der Waals surface area contributed by atoms with E-state index in [2.05, 4.69) is 20.3 Å². The molecule has 0 aliphatic rings. The van der Waals surface area contributed by atoms with Crippen LogP contribution < -0.4 is 15.4 Å². The average molecular weight is 507 g/mol. The van der Waals surface area contributed by atoms with Gasteiger partial charge in [-0.05, 0) is 31.0 Å². The summed E-state index contributed by atoms with van der Waals surface area (Å²) in [6.07, 6.45) is -2.56. The Morgan fingerprint density at radius 2 is 1.73 bits per heavy atom. The number of rotatable bonds is 10. The number of sulfonamides is 1. The van der Waals surface area contributed by atoms with E-state index in [9.17, 15) is 37.0 Å². The maximum Gasteiger partial charge on any atom is 0.271 e. The summed E-state index contributed by atoms with van der Waals surface area (Å²) in [4.78, 5) is 27.8. The molecule has 10 nitrogen and oxygen atoms in total. The predicted octanol–water partition coefficient (Wildman–Crippen LogP) is 0.380. The molecular weight excluding hydrogens is 482 g/mol. The van der Waals surface area contributed by atoms with E-state index < -0.39 is 57.8 Å². The molecule has 1 aromatic carbocycles. The fraction of sp³-hybridized carbons (Fsp3) is 0.421. The number of carbonyl (C=O) groups excluding carboxylic acids is 2. The molecule has 2 amide bonds. The Morgan fingerprint density at radius 1 is 1.12 bits per heavy atom. The molecule has 4 atom stereocenters. The Kier molecular flexibility index (Phi) is 8.82. The van der Waals surface area contributed by atoms with Crippen molar-refractivity contribution in [2.75, 3.05) is 11.0 Å². The zero-order chi connectivity index (χ0) is 24.9. The Morgan fingerprint density at radius 3 is 2.27 bits per heavy atom. The maximum absolute atomic E-state index is 13.6. The molecule has 0 fully saturated rings. The lowest BCUT2D eigenvalue weighted by Gasteiger charge is -2.31. The van der Waals surface area contributed by atoms with Gasteiger partial charge >= 0.3 is 0 Å². The van der Waals surface area contributed by atoms with Crippen LogP contribution >= 0.6 is 11.3 Å². The van der Waals surface area contributed by atoms with E-state index in [-0.39, 0.29) is 22.8 Å². The highest BCUT2D eigenvalue weighted by Gasteiger charge is 2.32. The predicted molar refractivity (Wildman–Crippen MR) is 117 cm³/mol. The quantitative estimate of drug-likeness (QED) is 0.312. The van der Waals surface area contributed by atoms with Gasteiger partial charge in [0.1, 0.15) is 29.5 Å². The number of aromatic nitrogens is 1. The maximum atomic E-state index is 13.6. The molecule has 0 saturated heterocycles. The van der Waals surface area contributed by atoms with E-state index in [1.807, 2.05) is 0 Å². The van der Waals surface area contributed by atoms with Gasteiger partial charge < -0.3 is 20.8 Å². The zero-order valence-electron chi connectivity index (χ0n) is 17.9. The van der Waals surface area contributed by atoms with Crippen molar-refractivity contribution < 1.29 is 37.0 Å². The molecule has 0 bridgehead atoms. The van der Waals surface area contributed by atoms with Gasteiger partial charge in [-0.3, -0.25) is 14.3 Å². The van der Waals surface area contributed by atoms with Gasteiger partial charge in [0.25, 0.3) is 5.91 Å². The number of nitrogens with one attached hydrogen (secondary N) is 3.